The molecular formula is C19H22N4O4. The number of nitrogens with zero attached hydrogens (tertiary/aromatic N) is 1. The van der Waals surface area contributed by atoms with Gasteiger partial charge in [0.15, 0.2) is 0 Å². The highest BCUT2D eigenvalue weighted by molar-refractivity contribution is 6.24. The maximum absolute atomic E-state index is 13.0. The lowest BCUT2D eigenvalue weighted by Crippen LogP contribution is -2.54. The summed E-state index contributed by atoms with van der Waals surface area (Å²) in [6.07, 6.45) is 2.57. The first kappa shape index (κ1) is 17.8. The first-order valence-electron chi connectivity index (χ1n) is 9.34. The predicted molar refractivity (Wildman–Crippen MR) is 95.8 cm³/mol. The Morgan fingerprint density at radius 3 is 2.70 bits per heavy atom. The molecule has 2 atom stereocenters. The zero-order valence-electron chi connectivity index (χ0n) is 14.9. The maximum atomic E-state index is 13.0. The first-order valence-corrected chi connectivity index (χ1v) is 9.34. The van der Waals surface area contributed by atoms with E-state index in [9.17, 15) is 19.2 Å². The van der Waals surface area contributed by atoms with E-state index < -0.39 is 23.8 Å². The molecule has 4 amide bonds. The second-order valence-electron chi connectivity index (χ2n) is 7.21. The van der Waals surface area contributed by atoms with Gasteiger partial charge in [0.25, 0.3) is 11.8 Å². The van der Waals surface area contributed by atoms with E-state index in [0.717, 1.165) is 30.0 Å². The van der Waals surface area contributed by atoms with E-state index in [2.05, 4.69) is 16.0 Å². The van der Waals surface area contributed by atoms with Gasteiger partial charge in [0.2, 0.25) is 11.8 Å². The molecule has 27 heavy (non-hydrogen) atoms. The summed E-state index contributed by atoms with van der Waals surface area (Å²) in [5.74, 6) is -1.89. The fourth-order valence-corrected chi connectivity index (χ4v) is 4.04. The third kappa shape index (κ3) is 3.26. The van der Waals surface area contributed by atoms with Crippen molar-refractivity contribution in [2.75, 3.05) is 13.1 Å². The van der Waals surface area contributed by atoms with Crippen LogP contribution in [0.15, 0.2) is 18.2 Å². The van der Waals surface area contributed by atoms with Gasteiger partial charge in [-0.1, -0.05) is 12.1 Å². The van der Waals surface area contributed by atoms with Gasteiger partial charge in [-0.25, -0.2) is 0 Å². The SMILES string of the molecule is O=C1CCC(N2C(=O)c3cccc(CNC[C@H]4CCCN4)c3C2=O)C(=O)N1. The van der Waals surface area contributed by atoms with E-state index >= 15 is 0 Å². The summed E-state index contributed by atoms with van der Waals surface area (Å²) in [4.78, 5) is 50.3. The van der Waals surface area contributed by atoms with Gasteiger partial charge in [-0.15, -0.1) is 0 Å². The van der Waals surface area contributed by atoms with Gasteiger partial charge in [0, 0.05) is 25.6 Å². The second kappa shape index (κ2) is 7.21. The van der Waals surface area contributed by atoms with Crippen molar-refractivity contribution in [1.82, 2.24) is 20.9 Å². The molecule has 2 fully saturated rings. The third-order valence-electron chi connectivity index (χ3n) is 5.42. The van der Waals surface area contributed by atoms with Gasteiger partial charge >= 0.3 is 0 Å². The van der Waals surface area contributed by atoms with Crippen molar-refractivity contribution in [3.05, 3.63) is 34.9 Å². The summed E-state index contributed by atoms with van der Waals surface area (Å²) in [5.41, 5.74) is 1.43. The Bertz CT molecular complexity index is 816. The molecule has 3 heterocycles. The zero-order valence-corrected chi connectivity index (χ0v) is 14.9. The number of carbonyl (C=O) groups is 4. The number of hydrogen-bond acceptors (Lipinski definition) is 6. The highest BCUT2D eigenvalue weighted by Crippen LogP contribution is 2.29. The lowest BCUT2D eigenvalue weighted by atomic mass is 10.0. The van der Waals surface area contributed by atoms with Gasteiger partial charge in [-0.05, 0) is 37.4 Å². The number of hydrogen-bond donors (Lipinski definition) is 3. The van der Waals surface area contributed by atoms with Crippen LogP contribution in [0.5, 0.6) is 0 Å². The number of imide groups is 2. The van der Waals surface area contributed by atoms with Crippen LogP contribution in [0.25, 0.3) is 0 Å². The first-order chi connectivity index (χ1) is 13.1. The van der Waals surface area contributed by atoms with Crippen molar-refractivity contribution < 1.29 is 19.2 Å². The monoisotopic (exact) mass is 370 g/mol. The molecule has 3 N–H and O–H groups in total. The van der Waals surface area contributed by atoms with Gasteiger partial charge in [0.1, 0.15) is 6.04 Å². The standard InChI is InChI=1S/C19H22N4O4/c24-15-7-6-14(17(25)22-15)23-18(26)13-5-1-3-11(16(13)19(23)27)9-20-10-12-4-2-8-21-12/h1,3,5,12,14,20-21H,2,4,6-10H2,(H,22,24,25)/t12-,14?/m1/s1. The van der Waals surface area contributed by atoms with E-state index in [0.29, 0.717) is 23.7 Å². The summed E-state index contributed by atoms with van der Waals surface area (Å²) < 4.78 is 0. The molecule has 8 nitrogen and oxygen atoms in total. The van der Waals surface area contributed by atoms with E-state index in [1.807, 2.05) is 6.07 Å². The Morgan fingerprint density at radius 1 is 1.11 bits per heavy atom. The number of piperidine rings is 1. The molecule has 0 aliphatic carbocycles. The Kier molecular flexibility index (Phi) is 4.75. The van der Waals surface area contributed by atoms with Crippen molar-refractivity contribution in [2.45, 2.75) is 44.3 Å². The summed E-state index contributed by atoms with van der Waals surface area (Å²) in [5, 5.41) is 8.97. The number of benzene rings is 1. The summed E-state index contributed by atoms with van der Waals surface area (Å²) in [6.45, 7) is 2.30. The minimum absolute atomic E-state index is 0.118. The van der Waals surface area contributed by atoms with Crippen LogP contribution in [-0.4, -0.2) is 53.7 Å². The smallest absolute Gasteiger partial charge is 0.262 e. The Hall–Kier alpha value is -2.58. The van der Waals surface area contributed by atoms with Crippen molar-refractivity contribution in [3.8, 4) is 0 Å². The van der Waals surface area contributed by atoms with Crippen LogP contribution in [0.1, 0.15) is 52.0 Å². The minimum Gasteiger partial charge on any atom is -0.313 e. The zero-order chi connectivity index (χ0) is 19.0. The Balaban J connectivity index is 1.52. The fraction of sp³-hybridized carbons (Fsp3) is 0.474. The molecule has 1 aromatic rings. The lowest BCUT2D eigenvalue weighted by Gasteiger charge is -2.27. The minimum atomic E-state index is -0.932. The van der Waals surface area contributed by atoms with Crippen molar-refractivity contribution >= 4 is 23.6 Å². The van der Waals surface area contributed by atoms with E-state index in [1.165, 1.54) is 6.42 Å². The van der Waals surface area contributed by atoms with Crippen LogP contribution in [0, 0.1) is 0 Å². The molecule has 3 aliphatic rings. The number of carbonyl (C=O) groups excluding carboxylic acids is 4. The molecule has 0 aromatic heterocycles. The number of rotatable bonds is 5. The average Bonchev–Trinajstić information content (AvgIpc) is 3.24. The molecule has 0 bridgehead atoms. The van der Waals surface area contributed by atoms with Crippen LogP contribution < -0.4 is 16.0 Å². The molecule has 3 aliphatic heterocycles. The summed E-state index contributed by atoms with van der Waals surface area (Å²) >= 11 is 0. The number of fused-ring (bicyclic) bond motifs is 1. The van der Waals surface area contributed by atoms with Crippen LogP contribution >= 0.6 is 0 Å². The van der Waals surface area contributed by atoms with E-state index in [-0.39, 0.29) is 18.7 Å². The van der Waals surface area contributed by atoms with Crippen LogP contribution in [-0.2, 0) is 16.1 Å². The largest absolute Gasteiger partial charge is 0.313 e. The average molecular weight is 370 g/mol. The lowest BCUT2D eigenvalue weighted by molar-refractivity contribution is -0.136. The predicted octanol–water partition coefficient (Wildman–Crippen LogP) is -0.0706. The third-order valence-corrected chi connectivity index (χ3v) is 5.42. The Morgan fingerprint density at radius 2 is 1.96 bits per heavy atom. The molecule has 2 saturated heterocycles. The topological polar surface area (TPSA) is 108 Å². The highest BCUT2D eigenvalue weighted by atomic mass is 16.2. The van der Waals surface area contributed by atoms with E-state index in [1.54, 1.807) is 12.1 Å². The van der Waals surface area contributed by atoms with Gasteiger partial charge in [-0.2, -0.15) is 0 Å². The molecule has 0 radical (unpaired) electrons. The van der Waals surface area contributed by atoms with Crippen LogP contribution in [0.2, 0.25) is 0 Å². The quantitative estimate of drug-likeness (QED) is 0.627. The summed E-state index contributed by atoms with van der Waals surface area (Å²) in [7, 11) is 0. The Labute approximate surface area is 156 Å². The molecule has 4 rings (SSSR count). The number of nitrogens with one attached hydrogen (secondary N) is 3. The van der Waals surface area contributed by atoms with Crippen LogP contribution in [0.3, 0.4) is 0 Å². The molecule has 142 valence electrons. The van der Waals surface area contributed by atoms with Gasteiger partial charge in [0.05, 0.1) is 11.1 Å². The summed E-state index contributed by atoms with van der Waals surface area (Å²) in [6, 6.07) is 4.69. The highest BCUT2D eigenvalue weighted by Gasteiger charge is 2.45. The molecule has 1 unspecified atom stereocenters. The second-order valence-corrected chi connectivity index (χ2v) is 7.21. The molecule has 0 spiro atoms. The maximum Gasteiger partial charge on any atom is 0.262 e. The molecule has 1 aromatic carbocycles. The molecular weight excluding hydrogens is 348 g/mol. The molecule has 0 saturated carbocycles. The van der Waals surface area contributed by atoms with Crippen molar-refractivity contribution in [1.29, 1.82) is 0 Å². The van der Waals surface area contributed by atoms with Crippen molar-refractivity contribution in [2.24, 2.45) is 0 Å². The van der Waals surface area contributed by atoms with Crippen molar-refractivity contribution in [3.63, 3.8) is 0 Å². The normalized spacial score (nSPS) is 25.1. The van der Waals surface area contributed by atoms with Gasteiger partial charge in [-0.3, -0.25) is 29.4 Å². The molecule has 8 heteroatoms. The fourth-order valence-electron chi connectivity index (χ4n) is 4.04. The van der Waals surface area contributed by atoms with Gasteiger partial charge < -0.3 is 10.6 Å². The van der Waals surface area contributed by atoms with Crippen LogP contribution in [0.4, 0.5) is 0 Å². The number of amides is 4. The van der Waals surface area contributed by atoms with E-state index in [4.69, 9.17) is 0 Å².